The lowest BCUT2D eigenvalue weighted by Crippen LogP contribution is -2.19. The van der Waals surface area contributed by atoms with Crippen LogP contribution in [0, 0.1) is 0 Å². The van der Waals surface area contributed by atoms with Crippen LogP contribution in [0.15, 0.2) is 23.1 Å². The Kier molecular flexibility index (Phi) is 2.20. The summed E-state index contributed by atoms with van der Waals surface area (Å²) in [5, 5.41) is 3.09. The molecule has 1 heterocycles. The quantitative estimate of drug-likeness (QED) is 0.753. The molecule has 0 aliphatic carbocycles. The molecule has 2 rings (SSSR count). The van der Waals surface area contributed by atoms with E-state index in [-0.39, 0.29) is 0 Å². The molecule has 1 aliphatic rings. The first-order valence-corrected chi connectivity index (χ1v) is 5.93. The first kappa shape index (κ1) is 9.48. The van der Waals surface area contributed by atoms with E-state index >= 15 is 0 Å². The van der Waals surface area contributed by atoms with Crippen LogP contribution < -0.4 is 10.0 Å². The maximum atomic E-state index is 11.6. The van der Waals surface area contributed by atoms with Crippen LogP contribution in [0.2, 0.25) is 0 Å². The third kappa shape index (κ3) is 1.38. The smallest absolute Gasteiger partial charge is 0.242 e. The third-order valence-electron chi connectivity index (χ3n) is 2.37. The molecule has 1 aromatic carbocycles. The van der Waals surface area contributed by atoms with E-state index in [1.165, 1.54) is 7.05 Å². The van der Waals surface area contributed by atoms with E-state index in [1.54, 1.807) is 12.1 Å². The van der Waals surface area contributed by atoms with Crippen molar-refractivity contribution in [2.45, 2.75) is 11.3 Å². The summed E-state index contributed by atoms with van der Waals surface area (Å²) >= 11 is 0. The molecule has 0 saturated carbocycles. The van der Waals surface area contributed by atoms with E-state index < -0.39 is 10.0 Å². The predicted molar refractivity (Wildman–Crippen MR) is 54.9 cm³/mol. The number of sulfonamides is 1. The topological polar surface area (TPSA) is 58.2 Å². The third-order valence-corrected chi connectivity index (χ3v) is 3.82. The first-order valence-electron chi connectivity index (χ1n) is 4.44. The molecule has 1 aromatic rings. The second kappa shape index (κ2) is 3.25. The number of hydrogen-bond donors (Lipinski definition) is 2. The van der Waals surface area contributed by atoms with Crippen LogP contribution in [0.1, 0.15) is 5.56 Å². The highest BCUT2D eigenvalue weighted by Crippen LogP contribution is 2.29. The SMILES string of the molecule is CNS(=O)(=O)c1cccc2c1NCC2. The van der Waals surface area contributed by atoms with Crippen LogP contribution in [-0.2, 0) is 16.4 Å². The number of rotatable bonds is 2. The maximum absolute atomic E-state index is 11.6. The van der Waals surface area contributed by atoms with Crippen molar-refractivity contribution in [2.24, 2.45) is 0 Å². The average molecular weight is 212 g/mol. The first-order chi connectivity index (χ1) is 6.65. The summed E-state index contributed by atoms with van der Waals surface area (Å²) < 4.78 is 25.5. The highest BCUT2D eigenvalue weighted by Gasteiger charge is 2.21. The highest BCUT2D eigenvalue weighted by atomic mass is 32.2. The normalized spacial score (nSPS) is 14.9. The second-order valence-electron chi connectivity index (χ2n) is 3.17. The van der Waals surface area contributed by atoms with Crippen LogP contribution in [0.3, 0.4) is 0 Å². The van der Waals surface area contributed by atoms with Crippen molar-refractivity contribution in [3.05, 3.63) is 23.8 Å². The Morgan fingerprint density at radius 2 is 2.21 bits per heavy atom. The van der Waals surface area contributed by atoms with Crippen LogP contribution in [-0.4, -0.2) is 22.0 Å². The minimum absolute atomic E-state index is 0.343. The Hall–Kier alpha value is -1.07. The molecule has 0 unspecified atom stereocenters. The molecule has 76 valence electrons. The largest absolute Gasteiger partial charge is 0.383 e. The van der Waals surface area contributed by atoms with Gasteiger partial charge in [-0.15, -0.1) is 0 Å². The van der Waals surface area contributed by atoms with Gasteiger partial charge in [0.2, 0.25) is 10.0 Å². The van der Waals surface area contributed by atoms with Gasteiger partial charge in [0.15, 0.2) is 0 Å². The fourth-order valence-corrected chi connectivity index (χ4v) is 2.59. The summed E-state index contributed by atoms with van der Waals surface area (Å²) in [5.41, 5.74) is 1.82. The van der Waals surface area contributed by atoms with Crippen LogP contribution in [0.4, 0.5) is 5.69 Å². The summed E-state index contributed by atoms with van der Waals surface area (Å²) in [6, 6.07) is 5.34. The van der Waals surface area contributed by atoms with Crippen molar-refractivity contribution in [2.75, 3.05) is 18.9 Å². The van der Waals surface area contributed by atoms with Gasteiger partial charge in [0.25, 0.3) is 0 Å². The number of para-hydroxylation sites is 1. The lowest BCUT2D eigenvalue weighted by Gasteiger charge is -2.08. The van der Waals surface area contributed by atoms with Crippen molar-refractivity contribution in [3.63, 3.8) is 0 Å². The number of hydrogen-bond acceptors (Lipinski definition) is 3. The summed E-state index contributed by atoms with van der Waals surface area (Å²) in [4.78, 5) is 0.343. The Balaban J connectivity index is 2.61. The average Bonchev–Trinajstić information content (AvgIpc) is 2.64. The van der Waals surface area contributed by atoms with Gasteiger partial charge in [-0.3, -0.25) is 0 Å². The van der Waals surface area contributed by atoms with Gasteiger partial charge in [0.05, 0.1) is 5.69 Å². The van der Waals surface area contributed by atoms with Crippen LogP contribution in [0.5, 0.6) is 0 Å². The molecule has 2 N–H and O–H groups in total. The molecule has 0 saturated heterocycles. The number of benzene rings is 1. The van der Waals surface area contributed by atoms with Gasteiger partial charge in [-0.1, -0.05) is 12.1 Å². The lowest BCUT2D eigenvalue weighted by atomic mass is 10.2. The van der Waals surface area contributed by atoms with Gasteiger partial charge < -0.3 is 5.32 Å². The summed E-state index contributed by atoms with van der Waals surface area (Å²) in [5.74, 6) is 0. The van der Waals surface area contributed by atoms with E-state index in [9.17, 15) is 8.42 Å². The van der Waals surface area contributed by atoms with E-state index in [0.29, 0.717) is 4.90 Å². The van der Waals surface area contributed by atoms with Crippen LogP contribution >= 0.6 is 0 Å². The predicted octanol–water partition coefficient (Wildman–Crippen LogP) is 0.563. The lowest BCUT2D eigenvalue weighted by molar-refractivity contribution is 0.588. The molecule has 0 spiro atoms. The number of anilines is 1. The van der Waals surface area contributed by atoms with Crippen molar-refractivity contribution < 1.29 is 8.42 Å². The molecule has 0 atom stereocenters. The van der Waals surface area contributed by atoms with Gasteiger partial charge in [0, 0.05) is 6.54 Å². The van der Waals surface area contributed by atoms with Gasteiger partial charge in [-0.2, -0.15) is 0 Å². The molecule has 4 nitrogen and oxygen atoms in total. The molecular weight excluding hydrogens is 200 g/mol. The highest BCUT2D eigenvalue weighted by molar-refractivity contribution is 7.89. The molecule has 0 bridgehead atoms. The van der Waals surface area contributed by atoms with E-state index in [0.717, 1.165) is 24.2 Å². The van der Waals surface area contributed by atoms with E-state index in [2.05, 4.69) is 10.0 Å². The molecule has 0 amide bonds. The van der Waals surface area contributed by atoms with E-state index in [1.807, 2.05) is 6.07 Å². The molecule has 0 aromatic heterocycles. The Morgan fingerprint density at radius 1 is 1.43 bits per heavy atom. The van der Waals surface area contributed by atoms with Crippen molar-refractivity contribution in [1.29, 1.82) is 0 Å². The monoisotopic (exact) mass is 212 g/mol. The molecule has 0 fully saturated rings. The van der Waals surface area contributed by atoms with Crippen molar-refractivity contribution in [3.8, 4) is 0 Å². The Labute approximate surface area is 83.4 Å². The molecular formula is C9H12N2O2S. The van der Waals surface area contributed by atoms with Crippen molar-refractivity contribution in [1.82, 2.24) is 4.72 Å². The fourth-order valence-electron chi connectivity index (χ4n) is 1.64. The Bertz CT molecular complexity index is 454. The van der Waals surface area contributed by atoms with E-state index in [4.69, 9.17) is 0 Å². The maximum Gasteiger partial charge on any atom is 0.242 e. The second-order valence-corrected chi connectivity index (χ2v) is 5.03. The van der Waals surface area contributed by atoms with Gasteiger partial charge in [0.1, 0.15) is 4.90 Å². The molecule has 1 aliphatic heterocycles. The summed E-state index contributed by atoms with van der Waals surface area (Å²) in [6.45, 7) is 0.811. The minimum atomic E-state index is -3.34. The molecule has 0 radical (unpaired) electrons. The Morgan fingerprint density at radius 3 is 2.93 bits per heavy atom. The van der Waals surface area contributed by atoms with Crippen molar-refractivity contribution >= 4 is 15.7 Å². The number of nitrogens with one attached hydrogen (secondary N) is 2. The van der Waals surface area contributed by atoms with Gasteiger partial charge in [-0.05, 0) is 25.1 Å². The summed E-state index contributed by atoms with van der Waals surface area (Å²) in [6.07, 6.45) is 0.891. The molecule has 14 heavy (non-hydrogen) atoms. The minimum Gasteiger partial charge on any atom is -0.383 e. The zero-order valence-electron chi connectivity index (χ0n) is 7.87. The standard InChI is InChI=1S/C9H12N2O2S/c1-10-14(12,13)8-4-2-3-7-5-6-11-9(7)8/h2-4,10-11H,5-6H2,1H3. The molecule has 5 heteroatoms. The summed E-state index contributed by atoms with van der Waals surface area (Å²) in [7, 11) is -1.92. The van der Waals surface area contributed by atoms with Crippen LogP contribution in [0.25, 0.3) is 0 Å². The zero-order valence-corrected chi connectivity index (χ0v) is 8.69. The zero-order chi connectivity index (χ0) is 10.2. The number of fused-ring (bicyclic) bond motifs is 1. The van der Waals surface area contributed by atoms with Gasteiger partial charge >= 0.3 is 0 Å². The fraction of sp³-hybridized carbons (Fsp3) is 0.333. The van der Waals surface area contributed by atoms with Gasteiger partial charge in [-0.25, -0.2) is 13.1 Å².